The Balaban J connectivity index is 1.53. The van der Waals surface area contributed by atoms with Crippen molar-refractivity contribution in [2.24, 2.45) is 7.05 Å². The number of hydrogen-bond acceptors (Lipinski definition) is 3. The van der Waals surface area contributed by atoms with Gasteiger partial charge in [-0.15, -0.1) is 0 Å². The van der Waals surface area contributed by atoms with Crippen LogP contribution in [0.3, 0.4) is 0 Å². The Kier molecular flexibility index (Phi) is 6.26. The molecule has 0 saturated heterocycles. The largest absolute Gasteiger partial charge is 0.489 e. The number of carbonyl (C=O) groups excluding carboxylic acids is 1. The van der Waals surface area contributed by atoms with Gasteiger partial charge in [-0.25, -0.2) is 13.8 Å². The molecule has 4 rings (SSSR count). The second-order valence-corrected chi connectivity index (χ2v) is 7.27. The SMILES string of the molecule is Cn1ccnc1C(NC(=O)c1cccc(OCc2ccc(F)cc2)c1)c1ccccc1F. The molecule has 32 heavy (non-hydrogen) atoms. The fourth-order valence-corrected chi connectivity index (χ4v) is 3.33. The number of aryl methyl sites for hydroxylation is 1. The number of amides is 1. The molecule has 4 aromatic rings. The highest BCUT2D eigenvalue weighted by atomic mass is 19.1. The van der Waals surface area contributed by atoms with Gasteiger partial charge in [0.25, 0.3) is 5.91 Å². The lowest BCUT2D eigenvalue weighted by molar-refractivity contribution is 0.0940. The second kappa shape index (κ2) is 9.43. The average Bonchev–Trinajstić information content (AvgIpc) is 3.23. The highest BCUT2D eigenvalue weighted by Crippen LogP contribution is 2.24. The minimum atomic E-state index is -0.771. The number of carbonyl (C=O) groups is 1. The third kappa shape index (κ3) is 4.83. The molecule has 1 heterocycles. The van der Waals surface area contributed by atoms with E-state index < -0.39 is 17.8 Å². The van der Waals surface area contributed by atoms with Crippen molar-refractivity contribution in [1.29, 1.82) is 0 Å². The summed E-state index contributed by atoms with van der Waals surface area (Å²) in [5.41, 5.74) is 1.48. The van der Waals surface area contributed by atoms with Crippen LogP contribution in [0, 0.1) is 11.6 Å². The molecule has 0 bridgehead atoms. The van der Waals surface area contributed by atoms with Gasteiger partial charge in [0.1, 0.15) is 35.9 Å². The molecule has 0 spiro atoms. The maximum Gasteiger partial charge on any atom is 0.252 e. The van der Waals surface area contributed by atoms with Crippen LogP contribution in [0.1, 0.15) is 33.4 Å². The normalized spacial score (nSPS) is 11.7. The van der Waals surface area contributed by atoms with E-state index in [1.54, 1.807) is 78.6 Å². The maximum absolute atomic E-state index is 14.5. The van der Waals surface area contributed by atoms with E-state index in [4.69, 9.17) is 4.74 Å². The molecule has 5 nitrogen and oxygen atoms in total. The Hall–Kier alpha value is -4.00. The first-order valence-corrected chi connectivity index (χ1v) is 10.0. The second-order valence-electron chi connectivity index (χ2n) is 7.27. The zero-order chi connectivity index (χ0) is 22.5. The Morgan fingerprint density at radius 2 is 1.84 bits per heavy atom. The number of benzene rings is 3. The fraction of sp³-hybridized carbons (Fsp3) is 0.120. The number of ether oxygens (including phenoxy) is 1. The summed E-state index contributed by atoms with van der Waals surface area (Å²) in [5.74, 6) is -0.149. The monoisotopic (exact) mass is 433 g/mol. The third-order valence-corrected chi connectivity index (χ3v) is 5.02. The standard InChI is InChI=1S/C25H21F2N3O2/c1-30-14-13-28-24(30)23(21-7-2-3-8-22(21)27)29-25(31)18-5-4-6-20(15-18)32-16-17-9-11-19(26)12-10-17/h2-15,23H,16H2,1H3,(H,29,31). The predicted molar refractivity (Wildman–Crippen MR) is 116 cm³/mol. The zero-order valence-electron chi connectivity index (χ0n) is 17.3. The molecule has 0 fully saturated rings. The van der Waals surface area contributed by atoms with Crippen molar-refractivity contribution in [3.8, 4) is 5.75 Å². The van der Waals surface area contributed by atoms with Crippen molar-refractivity contribution >= 4 is 5.91 Å². The van der Waals surface area contributed by atoms with Gasteiger partial charge in [-0.05, 0) is 42.0 Å². The van der Waals surface area contributed by atoms with E-state index in [1.807, 2.05) is 0 Å². The minimum absolute atomic E-state index is 0.233. The molecular weight excluding hydrogens is 412 g/mol. The van der Waals surface area contributed by atoms with Crippen LogP contribution in [0.25, 0.3) is 0 Å². The molecule has 7 heteroatoms. The molecule has 1 atom stereocenters. The van der Waals surface area contributed by atoms with Crippen molar-refractivity contribution in [3.63, 3.8) is 0 Å². The van der Waals surface area contributed by atoms with Crippen LogP contribution in [-0.4, -0.2) is 15.5 Å². The summed E-state index contributed by atoms with van der Waals surface area (Å²) in [5, 5.41) is 2.88. The zero-order valence-corrected chi connectivity index (χ0v) is 17.3. The van der Waals surface area contributed by atoms with Gasteiger partial charge < -0.3 is 14.6 Å². The lowest BCUT2D eigenvalue weighted by Crippen LogP contribution is -2.31. The van der Waals surface area contributed by atoms with Crippen LogP contribution < -0.4 is 10.1 Å². The van der Waals surface area contributed by atoms with Crippen LogP contribution in [0.15, 0.2) is 85.2 Å². The maximum atomic E-state index is 14.5. The van der Waals surface area contributed by atoms with Crippen LogP contribution in [-0.2, 0) is 13.7 Å². The van der Waals surface area contributed by atoms with Crippen LogP contribution >= 0.6 is 0 Å². The van der Waals surface area contributed by atoms with Crippen molar-refractivity contribution in [1.82, 2.24) is 14.9 Å². The van der Waals surface area contributed by atoms with E-state index in [-0.39, 0.29) is 12.4 Å². The summed E-state index contributed by atoms with van der Waals surface area (Å²) in [4.78, 5) is 17.3. The van der Waals surface area contributed by atoms with Crippen molar-refractivity contribution < 1.29 is 18.3 Å². The van der Waals surface area contributed by atoms with E-state index in [1.165, 1.54) is 18.2 Å². The highest BCUT2D eigenvalue weighted by molar-refractivity contribution is 5.95. The van der Waals surface area contributed by atoms with E-state index in [0.717, 1.165) is 5.56 Å². The van der Waals surface area contributed by atoms with Gasteiger partial charge in [0, 0.05) is 30.6 Å². The lowest BCUT2D eigenvalue weighted by Gasteiger charge is -2.20. The average molecular weight is 433 g/mol. The van der Waals surface area contributed by atoms with Crippen LogP contribution in [0.4, 0.5) is 8.78 Å². The number of aromatic nitrogens is 2. The summed E-state index contributed by atoms with van der Waals surface area (Å²) in [6, 6.07) is 18.2. The molecule has 1 amide bonds. The Morgan fingerprint density at radius 1 is 1.06 bits per heavy atom. The Bertz CT molecular complexity index is 1220. The summed E-state index contributed by atoms with van der Waals surface area (Å²) < 4.78 is 35.1. The van der Waals surface area contributed by atoms with Crippen molar-refractivity contribution in [2.45, 2.75) is 12.6 Å². The van der Waals surface area contributed by atoms with Crippen LogP contribution in [0.2, 0.25) is 0 Å². The van der Waals surface area contributed by atoms with Gasteiger partial charge in [0.2, 0.25) is 0 Å². The molecule has 0 saturated carbocycles. The number of imidazole rings is 1. The van der Waals surface area contributed by atoms with E-state index in [0.29, 0.717) is 22.7 Å². The third-order valence-electron chi connectivity index (χ3n) is 5.02. The molecule has 1 unspecified atom stereocenters. The quantitative estimate of drug-likeness (QED) is 0.456. The Labute approximate surface area is 184 Å². The minimum Gasteiger partial charge on any atom is -0.489 e. The molecule has 0 aliphatic carbocycles. The predicted octanol–water partition coefficient (Wildman–Crippen LogP) is 4.80. The first-order chi connectivity index (χ1) is 15.5. The van der Waals surface area contributed by atoms with Crippen LogP contribution in [0.5, 0.6) is 5.75 Å². The van der Waals surface area contributed by atoms with Gasteiger partial charge in [-0.2, -0.15) is 0 Å². The van der Waals surface area contributed by atoms with E-state index >= 15 is 0 Å². The van der Waals surface area contributed by atoms with Gasteiger partial charge in [-0.3, -0.25) is 4.79 Å². The first kappa shape index (κ1) is 21.2. The molecule has 1 aromatic heterocycles. The van der Waals surface area contributed by atoms with E-state index in [2.05, 4.69) is 10.3 Å². The highest BCUT2D eigenvalue weighted by Gasteiger charge is 2.24. The topological polar surface area (TPSA) is 56.2 Å². The number of hydrogen-bond donors (Lipinski definition) is 1. The molecule has 0 aliphatic heterocycles. The van der Waals surface area contributed by atoms with Gasteiger partial charge in [-0.1, -0.05) is 36.4 Å². The first-order valence-electron chi connectivity index (χ1n) is 10.0. The summed E-state index contributed by atoms with van der Waals surface area (Å²) in [7, 11) is 1.78. The lowest BCUT2D eigenvalue weighted by atomic mass is 10.0. The summed E-state index contributed by atoms with van der Waals surface area (Å²) >= 11 is 0. The Morgan fingerprint density at radius 3 is 2.56 bits per heavy atom. The van der Waals surface area contributed by atoms with Gasteiger partial charge in [0.05, 0.1) is 0 Å². The van der Waals surface area contributed by atoms with Crippen molar-refractivity contribution in [2.75, 3.05) is 0 Å². The molecule has 0 radical (unpaired) electrons. The molecular formula is C25H21F2N3O2. The summed E-state index contributed by atoms with van der Waals surface area (Å²) in [6.45, 7) is 0.233. The number of nitrogens with zero attached hydrogens (tertiary/aromatic N) is 2. The molecule has 162 valence electrons. The fourth-order valence-electron chi connectivity index (χ4n) is 3.33. The van der Waals surface area contributed by atoms with Gasteiger partial charge in [0.15, 0.2) is 0 Å². The smallest absolute Gasteiger partial charge is 0.252 e. The number of nitrogens with one attached hydrogen (secondary N) is 1. The van der Waals surface area contributed by atoms with E-state index in [9.17, 15) is 13.6 Å². The number of rotatable bonds is 7. The summed E-state index contributed by atoms with van der Waals surface area (Å²) in [6.07, 6.45) is 3.33. The number of halogens is 2. The van der Waals surface area contributed by atoms with Gasteiger partial charge >= 0.3 is 0 Å². The molecule has 3 aromatic carbocycles. The molecule has 0 aliphatic rings. The van der Waals surface area contributed by atoms with Crippen molar-refractivity contribution in [3.05, 3.63) is 119 Å². The molecule has 1 N–H and O–H groups in total.